The molecule has 0 aliphatic carbocycles. The molecule has 0 spiro atoms. The lowest BCUT2D eigenvalue weighted by Crippen LogP contribution is -2.18. The number of hydrogen-bond donors (Lipinski definition) is 2. The number of anilines is 1. The van der Waals surface area contributed by atoms with Gasteiger partial charge in [-0.25, -0.2) is 9.48 Å². The zero-order valence-electron chi connectivity index (χ0n) is 14.7. The lowest BCUT2D eigenvalue weighted by molar-refractivity contribution is -0.143. The summed E-state index contributed by atoms with van der Waals surface area (Å²) in [7, 11) is 0. The number of carboxylic acid groups (broad SMARTS) is 1. The summed E-state index contributed by atoms with van der Waals surface area (Å²) in [6, 6.07) is 5.63. The summed E-state index contributed by atoms with van der Waals surface area (Å²) in [5.74, 6) is -2.01. The highest BCUT2D eigenvalue weighted by Crippen LogP contribution is 2.34. The third kappa shape index (κ3) is 4.50. The van der Waals surface area contributed by atoms with Crippen LogP contribution in [0.3, 0.4) is 0 Å². The van der Waals surface area contributed by atoms with Gasteiger partial charge in [0.1, 0.15) is 5.56 Å². The van der Waals surface area contributed by atoms with E-state index in [2.05, 4.69) is 10.4 Å². The van der Waals surface area contributed by atoms with Gasteiger partial charge in [0.25, 0.3) is 0 Å². The molecule has 1 aromatic carbocycles. The zero-order valence-corrected chi connectivity index (χ0v) is 14.7. The van der Waals surface area contributed by atoms with Gasteiger partial charge in [-0.05, 0) is 37.5 Å². The van der Waals surface area contributed by atoms with Crippen LogP contribution in [-0.4, -0.2) is 39.5 Å². The van der Waals surface area contributed by atoms with Crippen molar-refractivity contribution in [3.05, 3.63) is 41.7 Å². The molecule has 0 bridgehead atoms. The van der Waals surface area contributed by atoms with Gasteiger partial charge in [-0.1, -0.05) is 6.07 Å². The average Bonchev–Trinajstić information content (AvgIpc) is 3.29. The van der Waals surface area contributed by atoms with Gasteiger partial charge in [0.05, 0.1) is 18.0 Å². The Morgan fingerprint density at radius 1 is 1.36 bits per heavy atom. The molecule has 7 nitrogen and oxygen atoms in total. The van der Waals surface area contributed by atoms with Gasteiger partial charge in [-0.2, -0.15) is 18.3 Å². The molecule has 0 saturated carbocycles. The monoisotopic (exact) mass is 397 g/mol. The second kappa shape index (κ2) is 8.01. The standard InChI is InChI=1S/C18H18F3N3O4/c19-18(20,21)16-14(17(26)27)10-22-24(16)12-4-1-3-11(9-12)23-15(25)7-6-13-5-2-8-28-13/h1,3-4,9-10,13H,2,5-8H2,(H,23,25)(H,26,27). The number of benzene rings is 1. The van der Waals surface area contributed by atoms with Crippen LogP contribution in [0, 0.1) is 0 Å². The highest BCUT2D eigenvalue weighted by atomic mass is 19.4. The molecule has 150 valence electrons. The van der Waals surface area contributed by atoms with E-state index in [4.69, 9.17) is 9.84 Å². The lowest BCUT2D eigenvalue weighted by atomic mass is 10.1. The normalized spacial score (nSPS) is 16.9. The Hall–Kier alpha value is -2.88. The lowest BCUT2D eigenvalue weighted by Gasteiger charge is -2.13. The molecule has 1 aliphatic rings. The number of carbonyl (C=O) groups excluding carboxylic acids is 1. The second-order valence-corrected chi connectivity index (χ2v) is 6.39. The van der Waals surface area contributed by atoms with Crippen LogP contribution in [0.5, 0.6) is 0 Å². The van der Waals surface area contributed by atoms with E-state index in [1.807, 2.05) is 0 Å². The molecule has 10 heteroatoms. The van der Waals surface area contributed by atoms with E-state index >= 15 is 0 Å². The van der Waals surface area contributed by atoms with Crippen LogP contribution in [0.25, 0.3) is 5.69 Å². The molecule has 1 amide bonds. The maximum absolute atomic E-state index is 13.3. The molecule has 0 radical (unpaired) electrons. The minimum absolute atomic E-state index is 0.0169. The number of alkyl halides is 3. The van der Waals surface area contributed by atoms with E-state index in [1.54, 1.807) is 0 Å². The molecule has 28 heavy (non-hydrogen) atoms. The van der Waals surface area contributed by atoms with Crippen molar-refractivity contribution in [1.82, 2.24) is 9.78 Å². The number of carboxylic acids is 1. The highest BCUT2D eigenvalue weighted by Gasteiger charge is 2.40. The molecule has 2 N–H and O–H groups in total. The predicted molar refractivity (Wildman–Crippen MR) is 92.4 cm³/mol. The number of carbonyl (C=O) groups is 2. The van der Waals surface area contributed by atoms with Crippen molar-refractivity contribution in [2.45, 2.75) is 38.0 Å². The number of nitrogens with zero attached hydrogens (tertiary/aromatic N) is 2. The summed E-state index contributed by atoms with van der Waals surface area (Å²) in [6.45, 7) is 0.693. The number of nitrogens with one attached hydrogen (secondary N) is 1. The SMILES string of the molecule is O=C(CCC1CCCO1)Nc1cccc(-n2ncc(C(=O)O)c2C(F)(F)F)c1. The van der Waals surface area contributed by atoms with Crippen LogP contribution in [0.4, 0.5) is 18.9 Å². The number of aromatic nitrogens is 2. The smallest absolute Gasteiger partial charge is 0.434 e. The summed E-state index contributed by atoms with van der Waals surface area (Å²) in [6.07, 6.45) is -1.52. The molecule has 2 aromatic rings. The first-order valence-electron chi connectivity index (χ1n) is 8.66. The fraction of sp³-hybridized carbons (Fsp3) is 0.389. The number of amides is 1. The van der Waals surface area contributed by atoms with Crippen LogP contribution in [0.1, 0.15) is 41.7 Å². The Morgan fingerprint density at radius 2 is 2.14 bits per heavy atom. The van der Waals surface area contributed by atoms with E-state index in [0.29, 0.717) is 23.9 Å². The maximum atomic E-state index is 13.3. The van der Waals surface area contributed by atoms with Gasteiger partial charge in [0.2, 0.25) is 5.91 Å². The van der Waals surface area contributed by atoms with Crippen molar-refractivity contribution in [3.63, 3.8) is 0 Å². The van der Waals surface area contributed by atoms with E-state index in [1.165, 1.54) is 24.3 Å². The third-order valence-corrected chi connectivity index (χ3v) is 4.36. The highest BCUT2D eigenvalue weighted by molar-refractivity contribution is 5.91. The Morgan fingerprint density at radius 3 is 2.79 bits per heavy atom. The largest absolute Gasteiger partial charge is 0.478 e. The second-order valence-electron chi connectivity index (χ2n) is 6.39. The molecular weight excluding hydrogens is 379 g/mol. The van der Waals surface area contributed by atoms with E-state index in [-0.39, 0.29) is 29.8 Å². The van der Waals surface area contributed by atoms with Gasteiger partial charge in [0, 0.05) is 18.7 Å². The summed E-state index contributed by atoms with van der Waals surface area (Å²) in [5.41, 5.74) is -2.06. The summed E-state index contributed by atoms with van der Waals surface area (Å²) < 4.78 is 46.0. The van der Waals surface area contributed by atoms with Crippen LogP contribution in [-0.2, 0) is 15.7 Å². The van der Waals surface area contributed by atoms with E-state index < -0.39 is 23.4 Å². The molecule has 1 atom stereocenters. The van der Waals surface area contributed by atoms with Crippen molar-refractivity contribution in [1.29, 1.82) is 0 Å². The summed E-state index contributed by atoms with van der Waals surface area (Å²) in [4.78, 5) is 23.2. The van der Waals surface area contributed by atoms with Gasteiger partial charge in [0.15, 0.2) is 5.69 Å². The number of halogens is 3. The van der Waals surface area contributed by atoms with Crippen molar-refractivity contribution in [2.24, 2.45) is 0 Å². The van der Waals surface area contributed by atoms with Gasteiger partial charge in [-0.15, -0.1) is 0 Å². The molecule has 1 aliphatic heterocycles. The number of hydrogen-bond acceptors (Lipinski definition) is 4. The quantitative estimate of drug-likeness (QED) is 0.778. The molecule has 2 heterocycles. The Balaban J connectivity index is 1.78. The Bertz CT molecular complexity index is 873. The predicted octanol–water partition coefficient (Wildman–Crippen LogP) is 3.49. The van der Waals surface area contributed by atoms with E-state index in [0.717, 1.165) is 12.8 Å². The summed E-state index contributed by atoms with van der Waals surface area (Å²) in [5, 5.41) is 15.2. The van der Waals surface area contributed by atoms with Crippen molar-refractivity contribution >= 4 is 17.6 Å². The summed E-state index contributed by atoms with van der Waals surface area (Å²) >= 11 is 0. The molecular formula is C18H18F3N3O4. The maximum Gasteiger partial charge on any atom is 0.434 e. The van der Waals surface area contributed by atoms with Crippen LogP contribution in [0.2, 0.25) is 0 Å². The minimum Gasteiger partial charge on any atom is -0.478 e. The fourth-order valence-electron chi connectivity index (χ4n) is 3.08. The van der Waals surface area contributed by atoms with Crippen LogP contribution < -0.4 is 5.32 Å². The molecule has 1 unspecified atom stereocenters. The topological polar surface area (TPSA) is 93.5 Å². The molecule has 1 fully saturated rings. The van der Waals surface area contributed by atoms with Crippen molar-refractivity contribution in [3.8, 4) is 5.69 Å². The van der Waals surface area contributed by atoms with Crippen LogP contribution >= 0.6 is 0 Å². The fourth-order valence-corrected chi connectivity index (χ4v) is 3.08. The Kier molecular flexibility index (Phi) is 5.68. The van der Waals surface area contributed by atoms with Crippen LogP contribution in [0.15, 0.2) is 30.5 Å². The Labute approximate surface area is 158 Å². The van der Waals surface area contributed by atoms with Crippen molar-refractivity contribution in [2.75, 3.05) is 11.9 Å². The van der Waals surface area contributed by atoms with E-state index in [9.17, 15) is 22.8 Å². The molecule has 1 saturated heterocycles. The van der Waals surface area contributed by atoms with Gasteiger partial charge >= 0.3 is 12.1 Å². The number of ether oxygens (including phenoxy) is 1. The molecule has 3 rings (SSSR count). The molecule has 1 aromatic heterocycles. The first kappa shape index (κ1) is 19.9. The number of aromatic carboxylic acids is 1. The minimum atomic E-state index is -4.91. The zero-order chi connectivity index (χ0) is 20.3. The third-order valence-electron chi connectivity index (χ3n) is 4.36. The van der Waals surface area contributed by atoms with Gasteiger partial charge in [-0.3, -0.25) is 4.79 Å². The van der Waals surface area contributed by atoms with Gasteiger partial charge < -0.3 is 15.2 Å². The first-order chi connectivity index (χ1) is 13.3. The first-order valence-corrected chi connectivity index (χ1v) is 8.66. The number of rotatable bonds is 6. The average molecular weight is 397 g/mol. The van der Waals surface area contributed by atoms with Crippen molar-refractivity contribution < 1.29 is 32.6 Å².